The minimum absolute atomic E-state index is 1.19. The van der Waals surface area contributed by atoms with Gasteiger partial charge in [-0.2, -0.15) is 0 Å². The van der Waals surface area contributed by atoms with Gasteiger partial charge in [-0.3, -0.25) is 9.61 Å². The van der Waals surface area contributed by atoms with E-state index in [1.165, 1.54) is 16.4 Å². The third-order valence-electron chi connectivity index (χ3n) is 2.19. The van der Waals surface area contributed by atoms with Gasteiger partial charge < -0.3 is 0 Å². The van der Waals surface area contributed by atoms with E-state index < -0.39 is 0 Å². The first kappa shape index (κ1) is 5.89. The number of hydrogen-bond donors (Lipinski definition) is 1. The van der Waals surface area contributed by atoms with Crippen molar-refractivity contribution in [2.75, 3.05) is 0 Å². The van der Waals surface area contributed by atoms with Crippen LogP contribution in [0.5, 0.6) is 0 Å². The van der Waals surface area contributed by atoms with Crippen LogP contribution in [0, 0.1) is 0 Å². The van der Waals surface area contributed by atoms with Gasteiger partial charge in [0.2, 0.25) is 0 Å². The first-order chi connectivity index (χ1) is 5.95. The van der Waals surface area contributed by atoms with Crippen molar-refractivity contribution in [2.24, 2.45) is 0 Å². The standard InChI is InChI=1S/C10H8N2/c1-2-5-9-8(4-1)10-6-3-7-12(10)11-9/h1-7,11H. The van der Waals surface area contributed by atoms with Crippen molar-refractivity contribution in [1.29, 1.82) is 0 Å². The maximum absolute atomic E-state index is 3.27. The second kappa shape index (κ2) is 1.91. The monoisotopic (exact) mass is 156 g/mol. The van der Waals surface area contributed by atoms with Crippen LogP contribution in [-0.2, 0) is 0 Å². The number of aromatic nitrogens is 2. The minimum atomic E-state index is 1.19. The van der Waals surface area contributed by atoms with E-state index in [-0.39, 0.29) is 0 Å². The number of nitrogens with zero attached hydrogens (tertiary/aromatic N) is 1. The molecule has 0 aliphatic heterocycles. The Kier molecular flexibility index (Phi) is 0.939. The predicted molar refractivity (Wildman–Crippen MR) is 49.3 cm³/mol. The highest BCUT2D eigenvalue weighted by atomic mass is 15.2. The summed E-state index contributed by atoms with van der Waals surface area (Å²) in [4.78, 5) is 0. The van der Waals surface area contributed by atoms with Gasteiger partial charge in [0.15, 0.2) is 0 Å². The van der Waals surface area contributed by atoms with E-state index in [4.69, 9.17) is 0 Å². The Balaban J connectivity index is 2.68. The van der Waals surface area contributed by atoms with Gasteiger partial charge >= 0.3 is 0 Å². The van der Waals surface area contributed by atoms with E-state index in [9.17, 15) is 0 Å². The maximum atomic E-state index is 3.27. The summed E-state index contributed by atoms with van der Waals surface area (Å²) >= 11 is 0. The normalized spacial score (nSPS) is 11.3. The zero-order chi connectivity index (χ0) is 7.97. The van der Waals surface area contributed by atoms with Gasteiger partial charge in [0, 0.05) is 11.6 Å². The van der Waals surface area contributed by atoms with E-state index in [2.05, 4.69) is 29.4 Å². The second-order valence-corrected chi connectivity index (χ2v) is 2.92. The molecule has 0 unspecified atom stereocenters. The molecule has 2 aromatic heterocycles. The van der Waals surface area contributed by atoms with Gasteiger partial charge in [-0.1, -0.05) is 18.2 Å². The van der Waals surface area contributed by atoms with Crippen molar-refractivity contribution in [1.82, 2.24) is 9.61 Å². The molecule has 0 atom stereocenters. The van der Waals surface area contributed by atoms with Crippen LogP contribution in [0.2, 0.25) is 0 Å². The van der Waals surface area contributed by atoms with Gasteiger partial charge in [-0.15, -0.1) is 0 Å². The first-order valence-corrected chi connectivity index (χ1v) is 3.99. The lowest BCUT2D eigenvalue weighted by molar-refractivity contribution is 0.999. The summed E-state index contributed by atoms with van der Waals surface area (Å²) in [7, 11) is 0. The Bertz CT molecular complexity index is 530. The Hall–Kier alpha value is -1.70. The molecule has 2 nitrogen and oxygen atoms in total. The number of H-pyrrole nitrogens is 1. The summed E-state index contributed by atoms with van der Waals surface area (Å²) in [5, 5.41) is 4.55. The van der Waals surface area contributed by atoms with E-state index >= 15 is 0 Å². The molecular formula is C10H8N2. The van der Waals surface area contributed by atoms with Crippen molar-refractivity contribution in [2.45, 2.75) is 0 Å². The molecule has 1 N–H and O–H groups in total. The molecule has 0 saturated carbocycles. The van der Waals surface area contributed by atoms with Crippen LogP contribution < -0.4 is 0 Å². The molecule has 12 heavy (non-hydrogen) atoms. The third kappa shape index (κ3) is 0.593. The quantitative estimate of drug-likeness (QED) is 0.516. The Morgan fingerprint density at radius 2 is 1.92 bits per heavy atom. The molecule has 2 heterocycles. The zero-order valence-electron chi connectivity index (χ0n) is 6.49. The van der Waals surface area contributed by atoms with Crippen LogP contribution in [0.15, 0.2) is 42.6 Å². The van der Waals surface area contributed by atoms with Gasteiger partial charge in [0.05, 0.1) is 11.0 Å². The largest absolute Gasteiger partial charge is 0.294 e. The lowest BCUT2D eigenvalue weighted by Crippen LogP contribution is -1.75. The summed E-state index contributed by atoms with van der Waals surface area (Å²) in [6, 6.07) is 12.5. The highest BCUT2D eigenvalue weighted by molar-refractivity contribution is 5.94. The Labute approximate surface area is 69.4 Å². The fourth-order valence-electron chi connectivity index (χ4n) is 1.63. The molecule has 0 fully saturated rings. The van der Waals surface area contributed by atoms with Crippen LogP contribution in [0.3, 0.4) is 0 Å². The molecule has 58 valence electrons. The number of hydrogen-bond acceptors (Lipinski definition) is 0. The molecule has 0 bridgehead atoms. The lowest BCUT2D eigenvalue weighted by Gasteiger charge is -1.83. The Morgan fingerprint density at radius 3 is 2.92 bits per heavy atom. The molecule has 1 aromatic carbocycles. The van der Waals surface area contributed by atoms with Crippen LogP contribution in [0.25, 0.3) is 16.4 Å². The average Bonchev–Trinajstić information content (AvgIpc) is 2.62. The molecule has 3 aromatic rings. The topological polar surface area (TPSA) is 20.2 Å². The van der Waals surface area contributed by atoms with Crippen molar-refractivity contribution in [3.05, 3.63) is 42.6 Å². The lowest BCUT2D eigenvalue weighted by atomic mass is 10.2. The van der Waals surface area contributed by atoms with Gasteiger partial charge in [0.1, 0.15) is 0 Å². The average molecular weight is 156 g/mol. The summed E-state index contributed by atoms with van der Waals surface area (Å²) in [6.45, 7) is 0. The molecule has 3 rings (SSSR count). The predicted octanol–water partition coefficient (Wildman–Crippen LogP) is 2.42. The number of nitrogens with one attached hydrogen (secondary N) is 1. The van der Waals surface area contributed by atoms with Gasteiger partial charge in [0.25, 0.3) is 0 Å². The van der Waals surface area contributed by atoms with Crippen molar-refractivity contribution >= 4 is 16.4 Å². The summed E-state index contributed by atoms with van der Waals surface area (Å²) in [5.74, 6) is 0. The highest BCUT2D eigenvalue weighted by Crippen LogP contribution is 2.18. The van der Waals surface area contributed by atoms with E-state index in [1.807, 2.05) is 22.8 Å². The molecule has 0 saturated heterocycles. The fraction of sp³-hybridized carbons (Fsp3) is 0. The van der Waals surface area contributed by atoms with E-state index in [0.29, 0.717) is 0 Å². The highest BCUT2D eigenvalue weighted by Gasteiger charge is 2.00. The Morgan fingerprint density at radius 1 is 1.00 bits per heavy atom. The van der Waals surface area contributed by atoms with E-state index in [1.54, 1.807) is 0 Å². The van der Waals surface area contributed by atoms with Crippen LogP contribution in [0.4, 0.5) is 0 Å². The second-order valence-electron chi connectivity index (χ2n) is 2.92. The molecule has 0 aliphatic rings. The first-order valence-electron chi connectivity index (χ1n) is 3.99. The minimum Gasteiger partial charge on any atom is -0.294 e. The molecular weight excluding hydrogens is 148 g/mol. The van der Waals surface area contributed by atoms with Crippen molar-refractivity contribution in [3.63, 3.8) is 0 Å². The zero-order valence-corrected chi connectivity index (χ0v) is 6.49. The molecule has 0 aliphatic carbocycles. The van der Waals surface area contributed by atoms with Crippen LogP contribution >= 0.6 is 0 Å². The van der Waals surface area contributed by atoms with Crippen LogP contribution in [0.1, 0.15) is 0 Å². The fourth-order valence-corrected chi connectivity index (χ4v) is 1.63. The summed E-state index contributed by atoms with van der Waals surface area (Å²) < 4.78 is 2.03. The molecule has 0 radical (unpaired) electrons. The number of para-hydroxylation sites is 1. The molecule has 0 amide bonds. The third-order valence-corrected chi connectivity index (χ3v) is 2.19. The molecule has 2 heteroatoms. The number of aromatic amines is 1. The van der Waals surface area contributed by atoms with E-state index in [0.717, 1.165) is 0 Å². The number of benzene rings is 1. The van der Waals surface area contributed by atoms with Crippen LogP contribution in [-0.4, -0.2) is 9.61 Å². The molecule has 0 spiro atoms. The SMILES string of the molecule is c1ccc2c(c1)[nH]n1cccc21. The van der Waals surface area contributed by atoms with Gasteiger partial charge in [-0.05, 0) is 18.2 Å². The smallest absolute Gasteiger partial charge is 0.0717 e. The maximum Gasteiger partial charge on any atom is 0.0717 e. The summed E-state index contributed by atoms with van der Waals surface area (Å²) in [5.41, 5.74) is 2.43. The van der Waals surface area contributed by atoms with Crippen molar-refractivity contribution < 1.29 is 0 Å². The summed E-state index contributed by atoms with van der Waals surface area (Å²) in [6.07, 6.45) is 2.02. The van der Waals surface area contributed by atoms with Gasteiger partial charge in [-0.25, -0.2) is 0 Å². The van der Waals surface area contributed by atoms with Crippen molar-refractivity contribution in [3.8, 4) is 0 Å². The number of rotatable bonds is 0. The number of fused-ring (bicyclic) bond motifs is 3.